The quantitative estimate of drug-likeness (QED) is 0.0199. The number of nitrogens with one attached hydrogen (secondary N) is 1. The highest BCUT2D eigenvalue weighted by Crippen LogP contribution is 2.34. The van der Waals surface area contributed by atoms with Crippen molar-refractivity contribution in [3.63, 3.8) is 0 Å². The van der Waals surface area contributed by atoms with E-state index in [2.05, 4.69) is 67.8 Å². The third-order valence-electron chi connectivity index (χ3n) is 22.6. The summed E-state index contributed by atoms with van der Waals surface area (Å²) in [5, 5.41) is 121. The van der Waals surface area contributed by atoms with Crippen LogP contribution in [-0.4, -0.2) is 193 Å². The van der Waals surface area contributed by atoms with E-state index in [1.54, 1.807) is 6.08 Å². The average Bonchev–Trinajstić information content (AvgIpc) is 0.795. The molecule has 110 heavy (non-hydrogen) atoms. The number of amides is 1. The third kappa shape index (κ3) is 48.9. The predicted molar refractivity (Wildman–Crippen MR) is 443 cm³/mol. The van der Waals surface area contributed by atoms with Crippen LogP contribution in [0, 0.1) is 0 Å². The van der Waals surface area contributed by atoms with Crippen LogP contribution in [0.25, 0.3) is 0 Å². The summed E-state index contributed by atoms with van der Waals surface area (Å²) in [4.78, 5) is 13.5. The average molecular weight is 1560 g/mol. The number of unbranched alkanes of at least 4 members (excludes halogenated alkanes) is 50. The van der Waals surface area contributed by atoms with E-state index < -0.39 is 124 Å². The van der Waals surface area contributed by atoms with Crippen LogP contribution in [0.2, 0.25) is 0 Å². The molecule has 17 unspecified atom stereocenters. The lowest BCUT2D eigenvalue weighted by Crippen LogP contribution is -2.66. The van der Waals surface area contributed by atoms with Gasteiger partial charge in [0.1, 0.15) is 73.2 Å². The molecule has 0 saturated carbocycles. The molecule has 1 amide bonds. The van der Waals surface area contributed by atoms with Gasteiger partial charge in [0.15, 0.2) is 18.9 Å². The zero-order valence-corrected chi connectivity index (χ0v) is 69.5. The molecule has 0 aromatic rings. The lowest BCUT2D eigenvalue weighted by atomic mass is 9.96. The molecule has 3 heterocycles. The number of carbonyl (C=O) groups excluding carboxylic acids is 1. The van der Waals surface area contributed by atoms with Crippen molar-refractivity contribution in [3.8, 4) is 0 Å². The van der Waals surface area contributed by atoms with Crippen LogP contribution < -0.4 is 5.32 Å². The Morgan fingerprint density at radius 2 is 0.627 bits per heavy atom. The van der Waals surface area contributed by atoms with E-state index in [0.717, 1.165) is 70.6 Å². The van der Waals surface area contributed by atoms with Crippen LogP contribution in [0.1, 0.15) is 380 Å². The van der Waals surface area contributed by atoms with Crippen LogP contribution >= 0.6 is 0 Å². The predicted octanol–water partition coefficient (Wildman–Crippen LogP) is 17.4. The number of allylic oxidation sites excluding steroid dienone is 9. The van der Waals surface area contributed by atoms with E-state index in [1.807, 2.05) is 6.08 Å². The van der Waals surface area contributed by atoms with Gasteiger partial charge in [0.05, 0.1) is 38.6 Å². The molecule has 0 aromatic carbocycles. The van der Waals surface area contributed by atoms with Crippen molar-refractivity contribution in [2.45, 2.75) is 484 Å². The Balaban J connectivity index is 1.32. The summed E-state index contributed by atoms with van der Waals surface area (Å²) in [6.07, 6.45) is 66.6. The number of carbonyl (C=O) groups is 1. The second kappa shape index (κ2) is 70.7. The Morgan fingerprint density at radius 1 is 0.336 bits per heavy atom. The molecule has 17 atom stereocenters. The molecule has 12 N–H and O–H groups in total. The maximum atomic E-state index is 13.5. The number of hydrogen-bond donors (Lipinski definition) is 12. The molecular formula is C91H167NO18. The molecule has 19 nitrogen and oxygen atoms in total. The third-order valence-corrected chi connectivity index (χ3v) is 22.6. The van der Waals surface area contributed by atoms with Gasteiger partial charge in [-0.3, -0.25) is 4.79 Å². The van der Waals surface area contributed by atoms with Crippen molar-refractivity contribution in [2.75, 3.05) is 26.4 Å². The topological polar surface area (TPSA) is 307 Å². The molecule has 0 radical (unpaired) electrons. The van der Waals surface area contributed by atoms with Gasteiger partial charge in [-0.1, -0.05) is 376 Å². The van der Waals surface area contributed by atoms with Crippen molar-refractivity contribution in [2.24, 2.45) is 0 Å². The highest BCUT2D eigenvalue weighted by atomic mass is 16.8. The zero-order valence-electron chi connectivity index (χ0n) is 69.5. The molecule has 3 aliphatic heterocycles. The monoisotopic (exact) mass is 1560 g/mol. The molecule has 644 valence electrons. The van der Waals surface area contributed by atoms with E-state index in [4.69, 9.17) is 28.4 Å². The van der Waals surface area contributed by atoms with Crippen LogP contribution in [0.5, 0.6) is 0 Å². The zero-order chi connectivity index (χ0) is 79.5. The summed E-state index contributed by atoms with van der Waals surface area (Å²) < 4.78 is 34.5. The SMILES string of the molecule is CC/C=C\C/C=C\C/C=C\C/C=C\CCCCCCCCCCCCCCCCCCCCCCCCC(=O)NC(COC1OC(CO)C(OC2OC(CO)C(OC3OC(CO)C(O)C(O)C3O)C(O)C2O)C(O)C1O)C(O)/C=C/CCCCCCCCCCCCCCCCCCCCCCCCCCCCCC. The first-order valence-electron chi connectivity index (χ1n) is 45.5. The van der Waals surface area contributed by atoms with Gasteiger partial charge in [-0.15, -0.1) is 0 Å². The molecule has 3 fully saturated rings. The van der Waals surface area contributed by atoms with Gasteiger partial charge in [-0.2, -0.15) is 0 Å². The van der Waals surface area contributed by atoms with Crippen LogP contribution in [-0.2, 0) is 33.2 Å². The Labute approximate surface area is 668 Å². The molecule has 3 aliphatic rings. The normalized spacial score (nSPS) is 25.4. The van der Waals surface area contributed by atoms with Gasteiger partial charge in [0.2, 0.25) is 5.91 Å². The minimum atomic E-state index is -1.98. The molecule has 3 saturated heterocycles. The van der Waals surface area contributed by atoms with Gasteiger partial charge < -0.3 is 89.9 Å². The van der Waals surface area contributed by atoms with Gasteiger partial charge in [0.25, 0.3) is 0 Å². The summed E-state index contributed by atoms with van der Waals surface area (Å²) in [5.74, 6) is -0.268. The van der Waals surface area contributed by atoms with Crippen LogP contribution in [0.4, 0.5) is 0 Å². The lowest BCUT2D eigenvalue weighted by Gasteiger charge is -2.48. The van der Waals surface area contributed by atoms with Crippen molar-refractivity contribution in [1.29, 1.82) is 0 Å². The molecule has 19 heteroatoms. The van der Waals surface area contributed by atoms with E-state index >= 15 is 0 Å². The smallest absolute Gasteiger partial charge is 0.220 e. The largest absolute Gasteiger partial charge is 0.394 e. The number of rotatable bonds is 74. The molecule has 3 rings (SSSR count). The van der Waals surface area contributed by atoms with Crippen molar-refractivity contribution >= 4 is 5.91 Å². The second-order valence-electron chi connectivity index (χ2n) is 32.4. The summed E-state index contributed by atoms with van der Waals surface area (Å²) in [6, 6.07) is -0.975. The Kier molecular flexibility index (Phi) is 65.3. The number of ether oxygens (including phenoxy) is 6. The fourth-order valence-electron chi connectivity index (χ4n) is 15.4. The first-order valence-corrected chi connectivity index (χ1v) is 45.5. The van der Waals surface area contributed by atoms with E-state index in [0.29, 0.717) is 6.42 Å². The maximum Gasteiger partial charge on any atom is 0.220 e. The van der Waals surface area contributed by atoms with Crippen LogP contribution in [0.3, 0.4) is 0 Å². The van der Waals surface area contributed by atoms with Gasteiger partial charge in [-0.25, -0.2) is 0 Å². The summed E-state index contributed by atoms with van der Waals surface area (Å²) in [7, 11) is 0. The van der Waals surface area contributed by atoms with E-state index in [1.165, 1.54) is 283 Å². The Bertz CT molecular complexity index is 2220. The van der Waals surface area contributed by atoms with Crippen molar-refractivity contribution < 1.29 is 89.4 Å². The van der Waals surface area contributed by atoms with Crippen LogP contribution in [0.15, 0.2) is 60.8 Å². The van der Waals surface area contributed by atoms with Gasteiger partial charge >= 0.3 is 0 Å². The first-order chi connectivity index (χ1) is 53.8. The standard InChI is InChI=1S/C91H167NO18/c1-3-5-7-9-11-13-15-17-19-21-23-25-27-29-31-33-35-36-37-38-39-41-43-45-47-49-51-53-55-57-59-61-63-65-67-69-79(97)92-74(75(96)68-66-64-62-60-58-56-54-52-50-48-46-44-42-40-34-32-30-28-26-24-22-20-18-16-14-12-10-8-6-4-2)73-105-89-85(103)82(100)87(77(71-94)107-89)110-91-86(104)83(101)88(78(72-95)108-91)109-90-84(102)81(99)80(98)76(70-93)106-90/h5,7,11,13,17,19,23,25,66,68,74-78,80-91,93-96,98-104H,3-4,6,8-10,12,14-16,18,20-22,24,26-65,67,69-73H2,1-2H3,(H,92,97)/b7-5-,13-11-,19-17-,25-23-,68-66+. The van der Waals surface area contributed by atoms with Crippen molar-refractivity contribution in [3.05, 3.63) is 60.8 Å². The highest BCUT2D eigenvalue weighted by molar-refractivity contribution is 5.76. The minimum Gasteiger partial charge on any atom is -0.394 e. The maximum absolute atomic E-state index is 13.5. The van der Waals surface area contributed by atoms with Gasteiger partial charge in [-0.05, 0) is 57.8 Å². The lowest BCUT2D eigenvalue weighted by molar-refractivity contribution is -0.379. The first kappa shape index (κ1) is 102. The van der Waals surface area contributed by atoms with E-state index in [9.17, 15) is 61.0 Å². The summed E-state index contributed by atoms with van der Waals surface area (Å²) in [5.41, 5.74) is 0. The van der Waals surface area contributed by atoms with E-state index in [-0.39, 0.29) is 18.9 Å². The van der Waals surface area contributed by atoms with Gasteiger partial charge in [0, 0.05) is 6.42 Å². The fourth-order valence-corrected chi connectivity index (χ4v) is 15.4. The van der Waals surface area contributed by atoms with Crippen molar-refractivity contribution in [1.82, 2.24) is 5.32 Å². The number of aliphatic hydroxyl groups is 11. The molecule has 0 aliphatic carbocycles. The summed E-state index contributed by atoms with van der Waals surface area (Å²) in [6.45, 7) is 1.69. The highest BCUT2D eigenvalue weighted by Gasteiger charge is 2.54. The number of hydrogen-bond acceptors (Lipinski definition) is 18. The second-order valence-corrected chi connectivity index (χ2v) is 32.4. The minimum absolute atomic E-state index is 0.246. The molecule has 0 aromatic heterocycles. The molecule has 0 bridgehead atoms. The number of aliphatic hydroxyl groups excluding tert-OH is 11. The Morgan fingerprint density at radius 3 is 0.982 bits per heavy atom. The molecule has 0 spiro atoms. The Hall–Kier alpha value is -2.51. The fraction of sp³-hybridized carbons (Fsp3) is 0.879. The molecular weight excluding hydrogens is 1390 g/mol. The summed E-state index contributed by atoms with van der Waals surface area (Å²) >= 11 is 0.